The molecule has 0 N–H and O–H groups in total. The predicted molar refractivity (Wildman–Crippen MR) is 267 cm³/mol. The van der Waals surface area contributed by atoms with E-state index in [-0.39, 0.29) is 0 Å². The van der Waals surface area contributed by atoms with E-state index >= 15 is 0 Å². The van der Waals surface area contributed by atoms with Gasteiger partial charge in [-0.05, 0) is 184 Å². The Balaban J connectivity index is 0.000000200. The second-order valence-corrected chi connectivity index (χ2v) is 16.8. The number of rotatable bonds is 0. The van der Waals surface area contributed by atoms with Crippen molar-refractivity contribution in [3.05, 3.63) is 218 Å². The summed E-state index contributed by atoms with van der Waals surface area (Å²) in [4.78, 5) is 24.0. The van der Waals surface area contributed by atoms with Crippen LogP contribution < -0.4 is 0 Å². The van der Waals surface area contributed by atoms with E-state index in [0.717, 1.165) is 58.4 Å². The van der Waals surface area contributed by atoms with E-state index in [1.165, 1.54) is 56.5 Å². The molecule has 0 amide bonds. The van der Waals surface area contributed by atoms with E-state index in [1.54, 1.807) is 0 Å². The van der Waals surface area contributed by atoms with Gasteiger partial charge in [0.15, 0.2) is 0 Å². The van der Waals surface area contributed by atoms with Gasteiger partial charge in [-0.3, -0.25) is 9.97 Å². The van der Waals surface area contributed by atoms with Crippen molar-refractivity contribution in [1.29, 1.82) is 0 Å². The van der Waals surface area contributed by atoms with Crippen LogP contribution in [-0.2, 0) is 19.3 Å². The van der Waals surface area contributed by atoms with Gasteiger partial charge in [-0.2, -0.15) is 10.2 Å². The molecule has 0 saturated carbocycles. The van der Waals surface area contributed by atoms with Crippen LogP contribution in [0.1, 0.15) is 104 Å². The van der Waals surface area contributed by atoms with Crippen molar-refractivity contribution in [3.63, 3.8) is 0 Å². The first-order valence-electron chi connectivity index (χ1n) is 22.0. The summed E-state index contributed by atoms with van der Waals surface area (Å²) in [6, 6.07) is 25.5. The first-order valence-corrected chi connectivity index (χ1v) is 22.0. The second-order valence-electron chi connectivity index (χ2n) is 16.8. The van der Waals surface area contributed by atoms with Crippen LogP contribution in [0.3, 0.4) is 0 Å². The number of pyridine rings is 2. The lowest BCUT2D eigenvalue weighted by molar-refractivity contribution is 0.717. The number of hydrogen-bond donors (Lipinski definition) is 0. The van der Waals surface area contributed by atoms with Crippen LogP contribution in [-0.4, -0.2) is 40.1 Å². The largest absolute Gasteiger partial charge is 0.261 e. The third-order valence-corrected chi connectivity index (χ3v) is 9.82. The fourth-order valence-electron chi connectivity index (χ4n) is 5.98. The van der Waals surface area contributed by atoms with Crippen LogP contribution in [0.15, 0.2) is 128 Å². The van der Waals surface area contributed by atoms with Gasteiger partial charge in [0, 0.05) is 48.6 Å². The molecule has 0 fully saturated rings. The second kappa shape index (κ2) is 27.5. The molecule has 8 nitrogen and oxygen atoms in total. The van der Waals surface area contributed by atoms with Crippen LogP contribution in [0.4, 0.5) is 0 Å². The van der Waals surface area contributed by atoms with Gasteiger partial charge in [0.1, 0.15) is 11.6 Å². The number of aryl methyl sites for hydroxylation is 12. The molecule has 1 atom stereocenters. The minimum atomic E-state index is 0.709. The van der Waals surface area contributed by atoms with E-state index in [9.17, 15) is 0 Å². The van der Waals surface area contributed by atoms with Gasteiger partial charge in [-0.1, -0.05) is 90.4 Å². The van der Waals surface area contributed by atoms with E-state index in [2.05, 4.69) is 135 Å². The molecule has 334 valence electrons. The van der Waals surface area contributed by atoms with Crippen LogP contribution in [0.25, 0.3) is 6.08 Å². The third-order valence-electron chi connectivity index (χ3n) is 9.82. The first-order chi connectivity index (χ1) is 30.4. The molecule has 64 heavy (non-hydrogen) atoms. The molecule has 0 spiro atoms. The molecule has 0 saturated heterocycles. The van der Waals surface area contributed by atoms with Crippen LogP contribution in [0.5, 0.6) is 0 Å². The Bertz CT molecular complexity index is 2110. The minimum Gasteiger partial charge on any atom is -0.261 e. The molecule has 0 aliphatic heterocycles. The average Bonchev–Trinajstić information content (AvgIpc) is 3.28. The lowest BCUT2D eigenvalue weighted by Crippen LogP contribution is -2.02. The average molecular weight is 855 g/mol. The molecule has 5 aromatic heterocycles. The number of fused-ring (bicyclic) bond motifs is 2. The smallest absolute Gasteiger partial charge is 0.125 e. The van der Waals surface area contributed by atoms with Crippen molar-refractivity contribution < 1.29 is 0 Å². The number of aromatic nitrogens is 8. The Morgan fingerprint density at radius 2 is 0.828 bits per heavy atom. The van der Waals surface area contributed by atoms with Crippen molar-refractivity contribution in [2.24, 2.45) is 5.92 Å². The lowest BCUT2D eigenvalue weighted by Gasteiger charge is -2.15. The standard InChI is InChI=1S/2C12H14.2C7H9N.3C6H8N2/c2*1-9-3-5-12-8-10(2)4-6-11(12)7-9;2*1-6-3-4-7(2)8-5-6;2*1-5-3-7-6(2)8-4-5;1-5-3-4-6(2)8-7-5/h3-5,7H,6,8H2,1-2H3;3-7,10H,8H2,1-2H3;2*3-5H,1-2H3;3*3-4H,1-2H3. The van der Waals surface area contributed by atoms with Crippen molar-refractivity contribution in [1.82, 2.24) is 40.1 Å². The first kappa shape index (κ1) is 51.8. The van der Waals surface area contributed by atoms with Gasteiger partial charge in [-0.15, -0.1) is 0 Å². The third kappa shape index (κ3) is 21.5. The summed E-state index contributed by atoms with van der Waals surface area (Å²) >= 11 is 0. The lowest BCUT2D eigenvalue weighted by atomic mass is 9.90. The Labute approximate surface area is 384 Å². The summed E-state index contributed by atoms with van der Waals surface area (Å²) in [6.45, 7) is 28.4. The van der Waals surface area contributed by atoms with Crippen LogP contribution >= 0.6 is 0 Å². The highest BCUT2D eigenvalue weighted by Gasteiger charge is 2.09. The monoisotopic (exact) mass is 855 g/mol. The Morgan fingerprint density at radius 1 is 0.406 bits per heavy atom. The normalized spacial score (nSPS) is 12.5. The van der Waals surface area contributed by atoms with E-state index in [0.29, 0.717) is 5.92 Å². The summed E-state index contributed by atoms with van der Waals surface area (Å²) in [5.74, 6) is 2.37. The highest BCUT2D eigenvalue weighted by atomic mass is 15.1. The van der Waals surface area contributed by atoms with Gasteiger partial charge >= 0.3 is 0 Å². The maximum absolute atomic E-state index is 4.08. The van der Waals surface area contributed by atoms with Crippen LogP contribution in [0.2, 0.25) is 0 Å². The molecule has 1 unspecified atom stereocenters. The molecule has 7 aromatic rings. The number of hydrogen-bond acceptors (Lipinski definition) is 8. The highest BCUT2D eigenvalue weighted by molar-refractivity contribution is 5.57. The van der Waals surface area contributed by atoms with Gasteiger partial charge in [0.25, 0.3) is 0 Å². The Morgan fingerprint density at radius 3 is 1.25 bits per heavy atom. The summed E-state index contributed by atoms with van der Waals surface area (Å²) in [6.07, 6.45) is 21.3. The SMILES string of the molecule is CC1=CCc2cc(C)ccc2C1.Cc1ccc(C)nc1.Cc1ccc(C)nc1.Cc1ccc(C)nn1.Cc1ccc2c(c1)C=CC(C)C2.Cc1cnc(C)nc1.Cc1cnc(C)nc1. The zero-order valence-corrected chi connectivity index (χ0v) is 40.9. The fourth-order valence-corrected chi connectivity index (χ4v) is 5.98. The topological polar surface area (TPSA) is 103 Å². The number of benzene rings is 2. The van der Waals surface area contributed by atoms with Gasteiger partial charge in [0.2, 0.25) is 0 Å². The molecule has 0 bridgehead atoms. The van der Waals surface area contributed by atoms with Crippen molar-refractivity contribution in [2.75, 3.05) is 0 Å². The van der Waals surface area contributed by atoms with E-state index < -0.39 is 0 Å². The summed E-state index contributed by atoms with van der Waals surface area (Å²) in [5.41, 5.74) is 18.9. The molecule has 9 rings (SSSR count). The van der Waals surface area contributed by atoms with Gasteiger partial charge in [0.05, 0.1) is 11.4 Å². The van der Waals surface area contributed by atoms with Gasteiger partial charge < -0.3 is 0 Å². The zero-order chi connectivity index (χ0) is 47.0. The maximum atomic E-state index is 4.08. The molecule has 2 aromatic carbocycles. The molecule has 2 aliphatic carbocycles. The number of nitrogens with zero attached hydrogens (tertiary/aromatic N) is 8. The Kier molecular flexibility index (Phi) is 22.3. The van der Waals surface area contributed by atoms with Crippen molar-refractivity contribution in [2.45, 2.75) is 116 Å². The summed E-state index contributed by atoms with van der Waals surface area (Å²) < 4.78 is 0. The molecule has 0 radical (unpaired) electrons. The summed E-state index contributed by atoms with van der Waals surface area (Å²) in [7, 11) is 0. The highest BCUT2D eigenvalue weighted by Crippen LogP contribution is 2.23. The van der Waals surface area contributed by atoms with Crippen molar-refractivity contribution >= 4 is 6.08 Å². The molecular weight excluding hydrogens is 785 g/mol. The fraction of sp³-hybridized carbons (Fsp3) is 0.321. The molecule has 2 aliphatic rings. The van der Waals surface area contributed by atoms with E-state index in [4.69, 9.17) is 0 Å². The molecule has 8 heteroatoms. The molecular formula is C56H70N8. The molecule has 5 heterocycles. The number of allylic oxidation sites excluding steroid dienone is 3. The zero-order valence-electron chi connectivity index (χ0n) is 40.9. The minimum absolute atomic E-state index is 0.709. The quantitative estimate of drug-likeness (QED) is 0.139. The van der Waals surface area contributed by atoms with Crippen molar-refractivity contribution in [3.8, 4) is 0 Å². The predicted octanol–water partition coefficient (Wildman–Crippen LogP) is 12.9. The summed E-state index contributed by atoms with van der Waals surface area (Å²) in [5, 5.41) is 7.66. The van der Waals surface area contributed by atoms with E-state index in [1.807, 2.05) is 131 Å². The van der Waals surface area contributed by atoms with Gasteiger partial charge in [-0.25, -0.2) is 19.9 Å². The maximum Gasteiger partial charge on any atom is 0.125 e. The van der Waals surface area contributed by atoms with Crippen LogP contribution in [0, 0.1) is 89.0 Å². The Hall–Kier alpha value is -6.54.